The predicted octanol–water partition coefficient (Wildman–Crippen LogP) is 3.39. The summed E-state index contributed by atoms with van der Waals surface area (Å²) in [4.78, 5) is 14.3. The van der Waals surface area contributed by atoms with Gasteiger partial charge in [0.05, 0.1) is 11.7 Å². The second-order valence-electron chi connectivity index (χ2n) is 6.42. The van der Waals surface area contributed by atoms with Crippen molar-refractivity contribution >= 4 is 6.03 Å². The smallest absolute Gasteiger partial charge is 0.317 e. The van der Waals surface area contributed by atoms with Gasteiger partial charge >= 0.3 is 6.03 Å². The van der Waals surface area contributed by atoms with Gasteiger partial charge in [-0.05, 0) is 44.7 Å². The van der Waals surface area contributed by atoms with Crippen LogP contribution in [0, 0.1) is 25.5 Å². The van der Waals surface area contributed by atoms with Gasteiger partial charge in [0.25, 0.3) is 0 Å². The first-order valence-electron chi connectivity index (χ1n) is 8.47. The molecule has 7 heteroatoms. The standard InChI is InChI=1S/C18H22F2N4O/c1-11-17(12(2)23-22-11)16-4-3-9-24(16)18(25)21-8-7-13-5-6-14(19)10-15(13)20/h5-6,10,16H,3-4,7-9H2,1-2H3,(H,21,25)(H,22,23). The molecular formula is C18H22F2N4O. The van der Waals surface area contributed by atoms with Crippen molar-refractivity contribution in [1.82, 2.24) is 20.4 Å². The van der Waals surface area contributed by atoms with Crippen LogP contribution in [0.25, 0.3) is 0 Å². The fourth-order valence-electron chi connectivity index (χ4n) is 3.49. The number of aryl methyl sites for hydroxylation is 2. The fraction of sp³-hybridized carbons (Fsp3) is 0.444. The van der Waals surface area contributed by atoms with Gasteiger partial charge in [-0.15, -0.1) is 0 Å². The van der Waals surface area contributed by atoms with Crippen molar-refractivity contribution < 1.29 is 13.6 Å². The second kappa shape index (κ2) is 7.21. The number of carbonyl (C=O) groups is 1. The highest BCUT2D eigenvalue weighted by atomic mass is 19.1. The molecule has 2 amide bonds. The van der Waals surface area contributed by atoms with Gasteiger partial charge in [0.2, 0.25) is 0 Å². The van der Waals surface area contributed by atoms with Gasteiger partial charge in [-0.2, -0.15) is 5.10 Å². The van der Waals surface area contributed by atoms with E-state index in [1.807, 2.05) is 18.7 Å². The van der Waals surface area contributed by atoms with E-state index in [1.54, 1.807) is 0 Å². The lowest BCUT2D eigenvalue weighted by atomic mass is 10.0. The SMILES string of the molecule is Cc1n[nH]c(C)c1C1CCCN1C(=O)NCCc1ccc(F)cc1F. The van der Waals surface area contributed by atoms with Gasteiger partial charge in [-0.1, -0.05) is 6.07 Å². The first-order valence-corrected chi connectivity index (χ1v) is 8.47. The zero-order chi connectivity index (χ0) is 18.0. The van der Waals surface area contributed by atoms with E-state index in [0.29, 0.717) is 25.1 Å². The van der Waals surface area contributed by atoms with Gasteiger partial charge < -0.3 is 10.2 Å². The lowest BCUT2D eigenvalue weighted by Gasteiger charge is -2.25. The highest BCUT2D eigenvalue weighted by Gasteiger charge is 2.32. The molecule has 1 aromatic carbocycles. The van der Waals surface area contributed by atoms with Crippen LogP contribution in [0.2, 0.25) is 0 Å². The van der Waals surface area contributed by atoms with E-state index in [9.17, 15) is 13.6 Å². The summed E-state index contributed by atoms with van der Waals surface area (Å²) in [6.45, 7) is 4.88. The van der Waals surface area contributed by atoms with Crippen LogP contribution in [-0.4, -0.2) is 34.2 Å². The molecule has 1 aliphatic heterocycles. The van der Waals surface area contributed by atoms with E-state index in [-0.39, 0.29) is 12.1 Å². The first kappa shape index (κ1) is 17.4. The Bertz CT molecular complexity index is 755. The van der Waals surface area contributed by atoms with Crippen LogP contribution < -0.4 is 5.32 Å². The maximum absolute atomic E-state index is 13.6. The van der Waals surface area contributed by atoms with Gasteiger partial charge in [0.15, 0.2) is 0 Å². The van der Waals surface area contributed by atoms with Crippen molar-refractivity contribution in [2.75, 3.05) is 13.1 Å². The summed E-state index contributed by atoms with van der Waals surface area (Å²) >= 11 is 0. The van der Waals surface area contributed by atoms with E-state index in [1.165, 1.54) is 12.1 Å². The number of benzene rings is 1. The minimum absolute atomic E-state index is 0.0151. The lowest BCUT2D eigenvalue weighted by Crippen LogP contribution is -2.40. The van der Waals surface area contributed by atoms with Crippen molar-refractivity contribution in [3.63, 3.8) is 0 Å². The molecule has 134 valence electrons. The van der Waals surface area contributed by atoms with E-state index in [2.05, 4.69) is 15.5 Å². The summed E-state index contributed by atoms with van der Waals surface area (Å²) in [5.41, 5.74) is 3.37. The summed E-state index contributed by atoms with van der Waals surface area (Å²) in [7, 11) is 0. The minimum Gasteiger partial charge on any atom is -0.338 e. The molecule has 1 saturated heterocycles. The lowest BCUT2D eigenvalue weighted by molar-refractivity contribution is 0.193. The van der Waals surface area contributed by atoms with E-state index in [0.717, 1.165) is 35.9 Å². The molecule has 0 saturated carbocycles. The van der Waals surface area contributed by atoms with Crippen LogP contribution in [0.3, 0.4) is 0 Å². The molecule has 2 aromatic rings. The quantitative estimate of drug-likeness (QED) is 0.890. The zero-order valence-corrected chi connectivity index (χ0v) is 14.4. The largest absolute Gasteiger partial charge is 0.338 e. The van der Waals surface area contributed by atoms with Gasteiger partial charge in [0, 0.05) is 30.4 Å². The van der Waals surface area contributed by atoms with Gasteiger partial charge in [0.1, 0.15) is 11.6 Å². The van der Waals surface area contributed by atoms with Crippen molar-refractivity contribution in [3.05, 3.63) is 52.3 Å². The summed E-state index contributed by atoms with van der Waals surface area (Å²) in [5, 5.41) is 10.0. The number of carbonyl (C=O) groups excluding carboxylic acids is 1. The Morgan fingerprint density at radius 3 is 2.88 bits per heavy atom. The van der Waals surface area contributed by atoms with Crippen molar-refractivity contribution in [1.29, 1.82) is 0 Å². The van der Waals surface area contributed by atoms with E-state index < -0.39 is 11.6 Å². The number of hydrogen-bond donors (Lipinski definition) is 2. The molecule has 0 radical (unpaired) electrons. The van der Waals surface area contributed by atoms with E-state index >= 15 is 0 Å². The van der Waals surface area contributed by atoms with Crippen LogP contribution >= 0.6 is 0 Å². The molecule has 2 heterocycles. The Morgan fingerprint density at radius 2 is 2.20 bits per heavy atom. The summed E-state index contributed by atoms with van der Waals surface area (Å²) in [6, 6.07) is 3.35. The number of amides is 2. The molecule has 0 aliphatic carbocycles. The Kier molecular flexibility index (Phi) is 5.01. The molecule has 1 fully saturated rings. The maximum atomic E-state index is 13.6. The number of urea groups is 1. The number of nitrogens with zero attached hydrogens (tertiary/aromatic N) is 2. The summed E-state index contributed by atoms with van der Waals surface area (Å²) in [6.07, 6.45) is 2.16. The number of aromatic amines is 1. The second-order valence-corrected chi connectivity index (χ2v) is 6.42. The number of nitrogens with one attached hydrogen (secondary N) is 2. The number of rotatable bonds is 4. The maximum Gasteiger partial charge on any atom is 0.317 e. The average molecular weight is 348 g/mol. The molecule has 1 aromatic heterocycles. The van der Waals surface area contributed by atoms with Crippen LogP contribution in [0.1, 0.15) is 41.4 Å². The number of halogens is 2. The normalized spacial score (nSPS) is 17.1. The monoisotopic (exact) mass is 348 g/mol. The molecule has 0 bridgehead atoms. The third-order valence-electron chi connectivity index (χ3n) is 4.72. The molecule has 3 rings (SSSR count). The number of H-pyrrole nitrogens is 1. The highest BCUT2D eigenvalue weighted by molar-refractivity contribution is 5.75. The minimum atomic E-state index is -0.601. The van der Waals surface area contributed by atoms with Crippen LogP contribution in [0.4, 0.5) is 13.6 Å². The number of hydrogen-bond acceptors (Lipinski definition) is 2. The molecule has 1 unspecified atom stereocenters. The third kappa shape index (κ3) is 3.65. The molecular weight excluding hydrogens is 326 g/mol. The summed E-state index contributed by atoms with van der Waals surface area (Å²) < 4.78 is 26.6. The number of aromatic nitrogens is 2. The van der Waals surface area contributed by atoms with Gasteiger partial charge in [-0.25, -0.2) is 13.6 Å². The first-order chi connectivity index (χ1) is 12.0. The predicted molar refractivity (Wildman–Crippen MR) is 90.2 cm³/mol. The van der Waals surface area contributed by atoms with E-state index in [4.69, 9.17) is 0 Å². The topological polar surface area (TPSA) is 61.0 Å². The van der Waals surface area contributed by atoms with Crippen LogP contribution in [0.5, 0.6) is 0 Å². The molecule has 25 heavy (non-hydrogen) atoms. The zero-order valence-electron chi connectivity index (χ0n) is 14.4. The Morgan fingerprint density at radius 1 is 1.40 bits per heavy atom. The molecule has 1 aliphatic rings. The molecule has 1 atom stereocenters. The summed E-state index contributed by atoms with van der Waals surface area (Å²) in [5.74, 6) is -1.19. The Labute approximate surface area is 145 Å². The third-order valence-corrected chi connectivity index (χ3v) is 4.72. The van der Waals surface area contributed by atoms with Crippen molar-refractivity contribution in [3.8, 4) is 0 Å². The molecule has 5 nitrogen and oxygen atoms in total. The average Bonchev–Trinajstić information content (AvgIpc) is 3.16. The Hall–Kier alpha value is -2.44. The highest BCUT2D eigenvalue weighted by Crippen LogP contribution is 2.34. The number of likely N-dealkylation sites (tertiary alicyclic amines) is 1. The molecule has 2 N–H and O–H groups in total. The van der Waals surface area contributed by atoms with Crippen LogP contribution in [0.15, 0.2) is 18.2 Å². The van der Waals surface area contributed by atoms with Gasteiger partial charge in [-0.3, -0.25) is 5.10 Å². The molecule has 0 spiro atoms. The van der Waals surface area contributed by atoms with Crippen molar-refractivity contribution in [2.45, 2.75) is 39.2 Å². The van der Waals surface area contributed by atoms with Crippen molar-refractivity contribution in [2.24, 2.45) is 0 Å². The fourth-order valence-corrected chi connectivity index (χ4v) is 3.49. The Balaban J connectivity index is 1.61. The van der Waals surface area contributed by atoms with Crippen LogP contribution in [-0.2, 0) is 6.42 Å².